The fraction of sp³-hybridized carbons (Fsp3) is 0.500. The summed E-state index contributed by atoms with van der Waals surface area (Å²) in [4.78, 5) is 12.0. The summed E-state index contributed by atoms with van der Waals surface area (Å²) in [7, 11) is 0. The van der Waals surface area contributed by atoms with Gasteiger partial charge in [-0.05, 0) is 13.3 Å². The maximum Gasteiger partial charge on any atom is 0.271 e. The molecule has 0 saturated heterocycles. The number of hydrogen-bond donors (Lipinski definition) is 2. The van der Waals surface area contributed by atoms with Crippen LogP contribution >= 0.6 is 0 Å². The third-order valence-electron chi connectivity index (χ3n) is 2.57. The molecular formula is C12H18N4O. The van der Waals surface area contributed by atoms with E-state index in [1.807, 2.05) is 13.8 Å². The van der Waals surface area contributed by atoms with E-state index in [-0.39, 0.29) is 11.9 Å². The van der Waals surface area contributed by atoms with Crippen LogP contribution in [0.15, 0.2) is 6.20 Å². The molecule has 3 N–H and O–H groups in total. The van der Waals surface area contributed by atoms with Crippen LogP contribution in [0.2, 0.25) is 0 Å². The van der Waals surface area contributed by atoms with Gasteiger partial charge in [0.15, 0.2) is 0 Å². The largest absolute Gasteiger partial charge is 0.396 e. The average molecular weight is 234 g/mol. The standard InChI is InChI=1S/C12H18N4O/c1-4-7-9(5-2)15-12(17)11-10(13)8-14-16(11)6-3/h1,8-9H,5-7,13H2,2-3H3,(H,15,17). The molecule has 5 heteroatoms. The summed E-state index contributed by atoms with van der Waals surface area (Å²) in [6, 6.07) is -0.0212. The van der Waals surface area contributed by atoms with Crippen LogP contribution in [-0.2, 0) is 6.54 Å². The van der Waals surface area contributed by atoms with Crippen molar-refractivity contribution >= 4 is 11.6 Å². The van der Waals surface area contributed by atoms with Crippen molar-refractivity contribution in [3.8, 4) is 12.3 Å². The number of hydrogen-bond acceptors (Lipinski definition) is 3. The van der Waals surface area contributed by atoms with Crippen LogP contribution in [0.1, 0.15) is 37.2 Å². The molecule has 1 atom stereocenters. The van der Waals surface area contributed by atoms with Crippen LogP contribution in [0.25, 0.3) is 0 Å². The first-order chi connectivity index (χ1) is 8.13. The van der Waals surface area contributed by atoms with Gasteiger partial charge in [-0.25, -0.2) is 0 Å². The van der Waals surface area contributed by atoms with Gasteiger partial charge >= 0.3 is 0 Å². The summed E-state index contributed by atoms with van der Waals surface area (Å²) in [5.41, 5.74) is 6.52. The SMILES string of the molecule is C#CCC(CC)NC(=O)c1c(N)cnn1CC. The highest BCUT2D eigenvalue weighted by atomic mass is 16.2. The number of anilines is 1. The fourth-order valence-corrected chi connectivity index (χ4v) is 1.58. The molecule has 0 spiro atoms. The predicted molar refractivity (Wildman–Crippen MR) is 67.3 cm³/mol. The molecule has 0 aromatic carbocycles. The Hall–Kier alpha value is -1.96. The summed E-state index contributed by atoms with van der Waals surface area (Å²) < 4.78 is 1.58. The molecule has 5 nitrogen and oxygen atoms in total. The quantitative estimate of drug-likeness (QED) is 0.747. The summed E-state index contributed by atoms with van der Waals surface area (Å²) >= 11 is 0. The highest BCUT2D eigenvalue weighted by molar-refractivity contribution is 5.97. The monoisotopic (exact) mass is 234 g/mol. The van der Waals surface area contributed by atoms with Crippen LogP contribution in [0.4, 0.5) is 5.69 Å². The van der Waals surface area contributed by atoms with Gasteiger partial charge in [0.05, 0.1) is 11.9 Å². The molecule has 1 aromatic heterocycles. The highest BCUT2D eigenvalue weighted by Crippen LogP contribution is 2.11. The fourth-order valence-electron chi connectivity index (χ4n) is 1.58. The molecule has 17 heavy (non-hydrogen) atoms. The molecule has 1 unspecified atom stereocenters. The molecule has 0 saturated carbocycles. The van der Waals surface area contributed by atoms with Gasteiger partial charge < -0.3 is 11.1 Å². The smallest absolute Gasteiger partial charge is 0.271 e. The predicted octanol–water partition coefficient (Wildman–Crippen LogP) is 1.02. The van der Waals surface area contributed by atoms with Gasteiger partial charge in [0, 0.05) is 19.0 Å². The Bertz CT molecular complexity index is 430. The molecule has 0 aliphatic carbocycles. The first-order valence-electron chi connectivity index (χ1n) is 5.69. The number of aromatic nitrogens is 2. The van der Waals surface area contributed by atoms with E-state index in [0.29, 0.717) is 24.3 Å². The zero-order valence-electron chi connectivity index (χ0n) is 10.2. The van der Waals surface area contributed by atoms with Gasteiger partial charge in [-0.2, -0.15) is 5.10 Å². The molecule has 0 aliphatic heterocycles. The lowest BCUT2D eigenvalue weighted by Crippen LogP contribution is -2.35. The van der Waals surface area contributed by atoms with E-state index in [9.17, 15) is 4.79 Å². The number of amides is 1. The number of aryl methyl sites for hydroxylation is 1. The summed E-state index contributed by atoms with van der Waals surface area (Å²) in [5.74, 6) is 2.33. The third kappa shape index (κ3) is 3.00. The average Bonchev–Trinajstić information content (AvgIpc) is 2.69. The minimum Gasteiger partial charge on any atom is -0.396 e. The number of nitrogens with zero attached hydrogens (tertiary/aromatic N) is 2. The Kier molecular flexibility index (Phi) is 4.58. The Morgan fingerprint density at radius 2 is 2.41 bits per heavy atom. The maximum atomic E-state index is 12.0. The Morgan fingerprint density at radius 3 is 2.94 bits per heavy atom. The minimum atomic E-state index is -0.219. The Labute approximate surface area is 101 Å². The lowest BCUT2D eigenvalue weighted by atomic mass is 10.1. The Morgan fingerprint density at radius 1 is 1.71 bits per heavy atom. The lowest BCUT2D eigenvalue weighted by molar-refractivity contribution is 0.0927. The summed E-state index contributed by atoms with van der Waals surface area (Å²) in [6.07, 6.45) is 8.03. The molecule has 1 amide bonds. The first-order valence-corrected chi connectivity index (χ1v) is 5.69. The van der Waals surface area contributed by atoms with Crippen LogP contribution in [0, 0.1) is 12.3 Å². The van der Waals surface area contributed by atoms with Gasteiger partial charge in [0.1, 0.15) is 5.69 Å². The van der Waals surface area contributed by atoms with Crippen LogP contribution in [-0.4, -0.2) is 21.7 Å². The number of nitrogens with two attached hydrogens (primary N) is 1. The molecule has 92 valence electrons. The van der Waals surface area contributed by atoms with Gasteiger partial charge in [-0.1, -0.05) is 6.92 Å². The van der Waals surface area contributed by atoms with Crippen molar-refractivity contribution in [2.45, 2.75) is 39.3 Å². The summed E-state index contributed by atoms with van der Waals surface area (Å²) in [6.45, 7) is 4.48. The summed E-state index contributed by atoms with van der Waals surface area (Å²) in [5, 5.41) is 6.89. The topological polar surface area (TPSA) is 72.9 Å². The van der Waals surface area contributed by atoms with Crippen molar-refractivity contribution in [1.82, 2.24) is 15.1 Å². The zero-order chi connectivity index (χ0) is 12.8. The molecule has 1 rings (SSSR count). The minimum absolute atomic E-state index is 0.0212. The van der Waals surface area contributed by atoms with Crippen molar-refractivity contribution < 1.29 is 4.79 Å². The van der Waals surface area contributed by atoms with E-state index >= 15 is 0 Å². The van der Waals surface area contributed by atoms with Crippen molar-refractivity contribution in [1.29, 1.82) is 0 Å². The van der Waals surface area contributed by atoms with Gasteiger partial charge in [0.25, 0.3) is 5.91 Å². The second kappa shape index (κ2) is 5.94. The number of rotatable bonds is 5. The van der Waals surface area contributed by atoms with E-state index in [0.717, 1.165) is 6.42 Å². The third-order valence-corrected chi connectivity index (χ3v) is 2.57. The molecule has 0 fully saturated rings. The van der Waals surface area contributed by atoms with Crippen molar-refractivity contribution in [3.05, 3.63) is 11.9 Å². The highest BCUT2D eigenvalue weighted by Gasteiger charge is 2.18. The number of carbonyl (C=O) groups excluding carboxylic acids is 1. The molecule has 0 aliphatic rings. The van der Waals surface area contributed by atoms with Gasteiger partial charge in [-0.15, -0.1) is 12.3 Å². The van der Waals surface area contributed by atoms with Gasteiger partial charge in [0.2, 0.25) is 0 Å². The second-order valence-electron chi connectivity index (χ2n) is 3.75. The Balaban J connectivity index is 2.82. The number of nitrogen functional groups attached to an aromatic ring is 1. The maximum absolute atomic E-state index is 12.0. The first kappa shape index (κ1) is 13.1. The van der Waals surface area contributed by atoms with E-state index in [4.69, 9.17) is 12.2 Å². The van der Waals surface area contributed by atoms with Crippen molar-refractivity contribution in [3.63, 3.8) is 0 Å². The van der Waals surface area contributed by atoms with Gasteiger partial charge in [-0.3, -0.25) is 9.48 Å². The lowest BCUT2D eigenvalue weighted by Gasteiger charge is -2.14. The van der Waals surface area contributed by atoms with Crippen LogP contribution < -0.4 is 11.1 Å². The van der Waals surface area contributed by atoms with E-state index in [1.165, 1.54) is 6.20 Å². The molecule has 0 radical (unpaired) electrons. The molecule has 1 aromatic rings. The second-order valence-corrected chi connectivity index (χ2v) is 3.75. The normalized spacial score (nSPS) is 11.8. The van der Waals surface area contributed by atoms with E-state index in [1.54, 1.807) is 4.68 Å². The number of terminal acetylenes is 1. The van der Waals surface area contributed by atoms with E-state index in [2.05, 4.69) is 16.3 Å². The molecular weight excluding hydrogens is 216 g/mol. The van der Waals surface area contributed by atoms with E-state index < -0.39 is 0 Å². The van der Waals surface area contributed by atoms with Crippen molar-refractivity contribution in [2.75, 3.05) is 5.73 Å². The number of nitrogens with one attached hydrogen (secondary N) is 1. The zero-order valence-corrected chi connectivity index (χ0v) is 10.2. The molecule has 1 heterocycles. The number of carbonyl (C=O) groups is 1. The van der Waals surface area contributed by atoms with Crippen LogP contribution in [0.3, 0.4) is 0 Å². The van der Waals surface area contributed by atoms with Crippen molar-refractivity contribution in [2.24, 2.45) is 0 Å². The molecule has 0 bridgehead atoms. The van der Waals surface area contributed by atoms with Crippen LogP contribution in [0.5, 0.6) is 0 Å².